The van der Waals surface area contributed by atoms with Gasteiger partial charge in [-0.25, -0.2) is 0 Å². The average Bonchev–Trinajstić information content (AvgIpc) is 3.28. The number of amides is 1. The summed E-state index contributed by atoms with van der Waals surface area (Å²) in [6, 6.07) is 28.7. The maximum atomic E-state index is 12.6. The maximum Gasteiger partial charge on any atom is 0.247 e. The molecule has 144 valence electrons. The molecule has 0 bridgehead atoms. The van der Waals surface area contributed by atoms with Gasteiger partial charge in [0, 0.05) is 12.0 Å². The minimum atomic E-state index is -0.496. The number of aromatic nitrogens is 2. The van der Waals surface area contributed by atoms with Gasteiger partial charge in [0.15, 0.2) is 0 Å². The van der Waals surface area contributed by atoms with E-state index >= 15 is 0 Å². The topological polar surface area (TPSA) is 68.0 Å². The Labute approximate surface area is 169 Å². The van der Waals surface area contributed by atoms with Crippen LogP contribution in [0.25, 0.3) is 11.5 Å². The van der Waals surface area contributed by atoms with Gasteiger partial charge in [0.2, 0.25) is 17.7 Å². The fourth-order valence-corrected chi connectivity index (χ4v) is 3.12. The number of hydrogen-bond acceptors (Lipinski definition) is 4. The molecule has 0 saturated carbocycles. The number of nitrogens with one attached hydrogen (secondary N) is 1. The summed E-state index contributed by atoms with van der Waals surface area (Å²) >= 11 is 0. The molecule has 5 heteroatoms. The molecular formula is C24H21N3O2. The zero-order valence-corrected chi connectivity index (χ0v) is 15.9. The molecule has 4 aromatic rings. The Morgan fingerprint density at radius 2 is 1.45 bits per heavy atom. The van der Waals surface area contributed by atoms with Crippen LogP contribution in [-0.4, -0.2) is 16.1 Å². The minimum absolute atomic E-state index is 0.0674. The third-order valence-electron chi connectivity index (χ3n) is 4.63. The third-order valence-corrected chi connectivity index (χ3v) is 4.63. The van der Waals surface area contributed by atoms with Crippen LogP contribution in [0.4, 0.5) is 0 Å². The Morgan fingerprint density at radius 3 is 2.14 bits per heavy atom. The smallest absolute Gasteiger partial charge is 0.247 e. The Balaban J connectivity index is 1.53. The monoisotopic (exact) mass is 383 g/mol. The first-order chi connectivity index (χ1) is 14.3. The van der Waals surface area contributed by atoms with Crippen LogP contribution in [0, 0.1) is 0 Å². The molecule has 0 radical (unpaired) electrons. The van der Waals surface area contributed by atoms with Crippen LogP contribution in [-0.2, 0) is 11.2 Å². The van der Waals surface area contributed by atoms with E-state index in [1.165, 1.54) is 0 Å². The van der Waals surface area contributed by atoms with Gasteiger partial charge in [0.25, 0.3) is 0 Å². The predicted molar refractivity (Wildman–Crippen MR) is 111 cm³/mol. The first-order valence-corrected chi connectivity index (χ1v) is 9.56. The lowest BCUT2D eigenvalue weighted by atomic mass is 10.1. The van der Waals surface area contributed by atoms with Crippen molar-refractivity contribution in [3.05, 3.63) is 108 Å². The second-order valence-electron chi connectivity index (χ2n) is 6.71. The summed E-state index contributed by atoms with van der Waals surface area (Å²) in [7, 11) is 0. The van der Waals surface area contributed by atoms with Crippen LogP contribution in [0.1, 0.15) is 29.5 Å². The molecule has 1 N–H and O–H groups in total. The highest BCUT2D eigenvalue weighted by molar-refractivity contribution is 5.77. The van der Waals surface area contributed by atoms with Gasteiger partial charge < -0.3 is 9.73 Å². The summed E-state index contributed by atoms with van der Waals surface area (Å²) in [6.07, 6.45) is 1.06. The van der Waals surface area contributed by atoms with E-state index in [0.29, 0.717) is 24.6 Å². The van der Waals surface area contributed by atoms with Crippen molar-refractivity contribution in [2.24, 2.45) is 0 Å². The van der Waals surface area contributed by atoms with E-state index in [1.54, 1.807) is 0 Å². The molecule has 0 spiro atoms. The number of aryl methyl sites for hydroxylation is 1. The van der Waals surface area contributed by atoms with Gasteiger partial charge in [0.1, 0.15) is 6.04 Å². The van der Waals surface area contributed by atoms with E-state index in [0.717, 1.165) is 16.7 Å². The lowest BCUT2D eigenvalue weighted by Gasteiger charge is -2.15. The van der Waals surface area contributed by atoms with E-state index in [9.17, 15) is 4.79 Å². The molecule has 0 aliphatic carbocycles. The van der Waals surface area contributed by atoms with Gasteiger partial charge in [-0.3, -0.25) is 4.79 Å². The Bertz CT molecular complexity index is 1050. The molecule has 0 aliphatic rings. The molecule has 1 amide bonds. The van der Waals surface area contributed by atoms with Crippen molar-refractivity contribution >= 4 is 5.91 Å². The molecule has 29 heavy (non-hydrogen) atoms. The number of carbonyl (C=O) groups is 1. The first-order valence-electron chi connectivity index (χ1n) is 9.56. The number of nitrogens with zero attached hydrogens (tertiary/aromatic N) is 2. The zero-order valence-electron chi connectivity index (χ0n) is 15.9. The highest BCUT2D eigenvalue weighted by Gasteiger charge is 2.23. The van der Waals surface area contributed by atoms with E-state index in [2.05, 4.69) is 15.5 Å². The molecule has 0 aliphatic heterocycles. The van der Waals surface area contributed by atoms with Gasteiger partial charge in [-0.05, 0) is 29.7 Å². The lowest BCUT2D eigenvalue weighted by molar-refractivity contribution is -0.121. The van der Waals surface area contributed by atoms with E-state index in [1.807, 2.05) is 91.0 Å². The summed E-state index contributed by atoms with van der Waals surface area (Å²) in [5, 5.41) is 11.4. The zero-order chi connectivity index (χ0) is 19.9. The standard InChI is InChI=1S/C24H21N3O2/c28-21(17-16-18-10-4-1-5-11-18)25-22(19-12-6-2-7-13-19)24-27-26-23(29-24)20-14-8-3-9-15-20/h1-15,22H,16-17H2,(H,25,28). The van der Waals surface area contributed by atoms with Crippen molar-refractivity contribution in [1.29, 1.82) is 0 Å². The number of benzene rings is 3. The molecule has 5 nitrogen and oxygen atoms in total. The lowest BCUT2D eigenvalue weighted by Crippen LogP contribution is -2.29. The van der Waals surface area contributed by atoms with Crippen molar-refractivity contribution in [3.8, 4) is 11.5 Å². The summed E-state index contributed by atoms with van der Waals surface area (Å²) in [5.41, 5.74) is 2.86. The molecular weight excluding hydrogens is 362 g/mol. The van der Waals surface area contributed by atoms with Crippen LogP contribution in [0.3, 0.4) is 0 Å². The van der Waals surface area contributed by atoms with Gasteiger partial charge >= 0.3 is 0 Å². The molecule has 1 heterocycles. The van der Waals surface area contributed by atoms with Crippen molar-refractivity contribution in [1.82, 2.24) is 15.5 Å². The van der Waals surface area contributed by atoms with Crippen molar-refractivity contribution in [2.75, 3.05) is 0 Å². The van der Waals surface area contributed by atoms with Crippen molar-refractivity contribution in [2.45, 2.75) is 18.9 Å². The molecule has 1 atom stereocenters. The molecule has 4 rings (SSSR count). The van der Waals surface area contributed by atoms with Crippen LogP contribution in [0.15, 0.2) is 95.4 Å². The van der Waals surface area contributed by atoms with E-state index in [4.69, 9.17) is 4.42 Å². The fourth-order valence-electron chi connectivity index (χ4n) is 3.12. The van der Waals surface area contributed by atoms with Crippen LogP contribution in [0.2, 0.25) is 0 Å². The normalized spacial score (nSPS) is 11.7. The van der Waals surface area contributed by atoms with Crippen molar-refractivity contribution in [3.63, 3.8) is 0 Å². The molecule has 1 aromatic heterocycles. The van der Waals surface area contributed by atoms with Gasteiger partial charge in [-0.15, -0.1) is 10.2 Å². The maximum absolute atomic E-state index is 12.6. The number of rotatable bonds is 7. The summed E-state index contributed by atoms with van der Waals surface area (Å²) in [5.74, 6) is 0.727. The number of hydrogen-bond donors (Lipinski definition) is 1. The van der Waals surface area contributed by atoms with Gasteiger partial charge in [-0.2, -0.15) is 0 Å². The van der Waals surface area contributed by atoms with E-state index < -0.39 is 6.04 Å². The first kappa shape index (κ1) is 18.6. The quantitative estimate of drug-likeness (QED) is 0.507. The SMILES string of the molecule is O=C(CCc1ccccc1)NC(c1ccccc1)c1nnc(-c2ccccc2)o1. The summed E-state index contributed by atoms with van der Waals surface area (Å²) in [4.78, 5) is 12.6. The second kappa shape index (κ2) is 8.97. The van der Waals surface area contributed by atoms with Crippen LogP contribution >= 0.6 is 0 Å². The number of carbonyl (C=O) groups excluding carboxylic acids is 1. The summed E-state index contributed by atoms with van der Waals surface area (Å²) < 4.78 is 5.91. The average molecular weight is 383 g/mol. The molecule has 0 saturated heterocycles. The Morgan fingerprint density at radius 1 is 0.828 bits per heavy atom. The van der Waals surface area contributed by atoms with Crippen molar-refractivity contribution < 1.29 is 9.21 Å². The molecule has 1 unspecified atom stereocenters. The minimum Gasteiger partial charge on any atom is -0.418 e. The Kier molecular flexibility index (Phi) is 5.76. The highest BCUT2D eigenvalue weighted by atomic mass is 16.4. The second-order valence-corrected chi connectivity index (χ2v) is 6.71. The summed E-state index contributed by atoms with van der Waals surface area (Å²) in [6.45, 7) is 0. The fraction of sp³-hybridized carbons (Fsp3) is 0.125. The predicted octanol–water partition coefficient (Wildman–Crippen LogP) is 4.58. The third kappa shape index (κ3) is 4.76. The molecule has 0 fully saturated rings. The Hall–Kier alpha value is -3.73. The van der Waals surface area contributed by atoms with Crippen LogP contribution in [0.5, 0.6) is 0 Å². The van der Waals surface area contributed by atoms with Gasteiger partial charge in [0.05, 0.1) is 0 Å². The van der Waals surface area contributed by atoms with E-state index in [-0.39, 0.29) is 5.91 Å². The largest absolute Gasteiger partial charge is 0.418 e. The van der Waals surface area contributed by atoms with Crippen LogP contribution < -0.4 is 5.32 Å². The molecule has 3 aromatic carbocycles. The highest BCUT2D eigenvalue weighted by Crippen LogP contribution is 2.25. The van der Waals surface area contributed by atoms with Gasteiger partial charge in [-0.1, -0.05) is 78.9 Å².